The Kier molecular flexibility index (Phi) is 5.99. The monoisotopic (exact) mass is 511 g/mol. The molecular formula is C26H28F3N7O. The van der Waals surface area contributed by atoms with E-state index in [-0.39, 0.29) is 30.3 Å². The van der Waals surface area contributed by atoms with Gasteiger partial charge in [0.15, 0.2) is 0 Å². The fraction of sp³-hybridized carbons (Fsp3) is 0.462. The van der Waals surface area contributed by atoms with Gasteiger partial charge in [0.25, 0.3) is 0 Å². The van der Waals surface area contributed by atoms with Crippen molar-refractivity contribution in [2.45, 2.75) is 62.9 Å². The van der Waals surface area contributed by atoms with Gasteiger partial charge in [-0.15, -0.1) is 10.2 Å². The topological polar surface area (TPSA) is 105 Å². The Morgan fingerprint density at radius 3 is 2.68 bits per heavy atom. The third kappa shape index (κ3) is 4.50. The van der Waals surface area contributed by atoms with E-state index >= 15 is 0 Å². The van der Waals surface area contributed by atoms with Crippen LogP contribution in [0.25, 0.3) is 22.2 Å². The first-order valence-corrected chi connectivity index (χ1v) is 12.6. The Hall–Kier alpha value is -3.31. The molecule has 1 atom stereocenters. The standard InChI is InChI=1S/C26H28F3N7O/c1-36-13-31-35-25(36)22(14-4-2-5-14)15-6-3-7-16(8-15)23-19-11-21(26(27,28)29)32-20(24(19)34-33-23)12-30-17-9-18(37)10-17/h3,6-8,11,13-14,17-18,22,30,37H,2,4-5,9-10,12H2,1H3,(H,33,34)/t17?,18?,22-/m1/s1. The van der Waals surface area contributed by atoms with Gasteiger partial charge in [0, 0.05) is 36.5 Å². The van der Waals surface area contributed by atoms with Crippen LogP contribution in [0.3, 0.4) is 0 Å². The number of aromatic nitrogens is 6. The lowest BCUT2D eigenvalue weighted by Gasteiger charge is -2.33. The van der Waals surface area contributed by atoms with Gasteiger partial charge in [-0.1, -0.05) is 24.6 Å². The lowest BCUT2D eigenvalue weighted by atomic mass is 9.72. The van der Waals surface area contributed by atoms with Crippen LogP contribution in [-0.4, -0.2) is 47.2 Å². The van der Waals surface area contributed by atoms with E-state index in [9.17, 15) is 18.3 Å². The summed E-state index contributed by atoms with van der Waals surface area (Å²) in [5.41, 5.74) is 2.02. The average molecular weight is 512 g/mol. The molecule has 0 amide bonds. The van der Waals surface area contributed by atoms with Crippen molar-refractivity contribution in [1.82, 2.24) is 35.3 Å². The van der Waals surface area contributed by atoms with Gasteiger partial charge in [-0.25, -0.2) is 4.98 Å². The first kappa shape index (κ1) is 24.1. The number of nitrogens with one attached hydrogen (secondary N) is 2. The third-order valence-electron chi connectivity index (χ3n) is 7.76. The average Bonchev–Trinajstić information content (AvgIpc) is 3.43. The van der Waals surface area contributed by atoms with Crippen LogP contribution in [0.2, 0.25) is 0 Å². The maximum absolute atomic E-state index is 13.8. The van der Waals surface area contributed by atoms with Gasteiger partial charge < -0.3 is 15.0 Å². The summed E-state index contributed by atoms with van der Waals surface area (Å²) >= 11 is 0. The normalized spacial score (nSPS) is 21.1. The molecule has 11 heteroatoms. The van der Waals surface area contributed by atoms with Gasteiger partial charge >= 0.3 is 6.18 Å². The van der Waals surface area contributed by atoms with Crippen LogP contribution in [0.5, 0.6) is 0 Å². The number of nitrogens with zero attached hydrogens (tertiary/aromatic N) is 5. The van der Waals surface area contributed by atoms with Gasteiger partial charge in [0.1, 0.15) is 23.5 Å². The molecule has 2 fully saturated rings. The van der Waals surface area contributed by atoms with Crippen molar-refractivity contribution in [3.63, 3.8) is 0 Å². The van der Waals surface area contributed by atoms with Gasteiger partial charge in [0.05, 0.1) is 17.3 Å². The van der Waals surface area contributed by atoms with E-state index in [0.29, 0.717) is 35.4 Å². The Morgan fingerprint density at radius 2 is 2.03 bits per heavy atom. The first-order chi connectivity index (χ1) is 17.8. The molecule has 0 unspecified atom stereocenters. The molecule has 8 nitrogen and oxygen atoms in total. The maximum Gasteiger partial charge on any atom is 0.433 e. The van der Waals surface area contributed by atoms with Crippen LogP contribution in [0.1, 0.15) is 60.8 Å². The van der Waals surface area contributed by atoms with Crippen LogP contribution < -0.4 is 5.32 Å². The molecule has 0 aliphatic heterocycles. The molecule has 194 valence electrons. The highest BCUT2D eigenvalue weighted by Gasteiger charge is 2.35. The summed E-state index contributed by atoms with van der Waals surface area (Å²) in [6.07, 6.45) is 1.28. The summed E-state index contributed by atoms with van der Waals surface area (Å²) in [4.78, 5) is 3.92. The van der Waals surface area contributed by atoms with E-state index in [0.717, 1.165) is 35.9 Å². The van der Waals surface area contributed by atoms with E-state index in [1.54, 1.807) is 6.33 Å². The van der Waals surface area contributed by atoms with Gasteiger partial charge in [-0.05, 0) is 49.3 Å². The molecule has 4 aromatic rings. The highest BCUT2D eigenvalue weighted by atomic mass is 19.4. The Balaban J connectivity index is 1.40. The number of rotatable bonds is 7. The van der Waals surface area contributed by atoms with E-state index in [1.807, 2.05) is 35.9 Å². The van der Waals surface area contributed by atoms with Crippen molar-refractivity contribution < 1.29 is 18.3 Å². The lowest BCUT2D eigenvalue weighted by Crippen LogP contribution is -2.43. The fourth-order valence-corrected chi connectivity index (χ4v) is 5.43. The number of pyridine rings is 1. The summed E-state index contributed by atoms with van der Waals surface area (Å²) in [6, 6.07) is 8.97. The summed E-state index contributed by atoms with van der Waals surface area (Å²) in [7, 11) is 1.93. The summed E-state index contributed by atoms with van der Waals surface area (Å²) in [5.74, 6) is 1.38. The first-order valence-electron chi connectivity index (χ1n) is 12.6. The predicted octanol–water partition coefficient (Wildman–Crippen LogP) is 4.32. The Bertz CT molecular complexity index is 1420. The largest absolute Gasteiger partial charge is 0.433 e. The van der Waals surface area contributed by atoms with Gasteiger partial charge in [-0.3, -0.25) is 5.10 Å². The third-order valence-corrected chi connectivity index (χ3v) is 7.76. The van der Waals surface area contributed by atoms with Crippen LogP contribution in [0.15, 0.2) is 36.7 Å². The molecule has 1 aromatic carbocycles. The van der Waals surface area contributed by atoms with Crippen LogP contribution >= 0.6 is 0 Å². The molecule has 2 saturated carbocycles. The number of aryl methyl sites for hydroxylation is 1. The number of aromatic amines is 1. The zero-order valence-electron chi connectivity index (χ0n) is 20.3. The van der Waals surface area contributed by atoms with Crippen LogP contribution in [0.4, 0.5) is 13.2 Å². The Morgan fingerprint density at radius 1 is 1.22 bits per heavy atom. The molecule has 37 heavy (non-hydrogen) atoms. The number of hydrogen-bond donors (Lipinski definition) is 3. The van der Waals surface area contributed by atoms with Gasteiger partial charge in [0.2, 0.25) is 0 Å². The fourth-order valence-electron chi connectivity index (χ4n) is 5.43. The van der Waals surface area contributed by atoms with Crippen molar-refractivity contribution >= 4 is 10.9 Å². The second-order valence-corrected chi connectivity index (χ2v) is 10.2. The SMILES string of the molecule is Cn1cnnc1[C@@H](c1cccc(-c2n[nH]c3c(CNC4CC(O)C4)nc(C(F)(F)F)cc23)c1)C1CCC1. The number of H-pyrrole nitrogens is 1. The lowest BCUT2D eigenvalue weighted by molar-refractivity contribution is -0.141. The molecule has 2 aliphatic rings. The van der Waals surface area contributed by atoms with Crippen LogP contribution in [0, 0.1) is 5.92 Å². The van der Waals surface area contributed by atoms with Crippen LogP contribution in [-0.2, 0) is 19.8 Å². The minimum absolute atomic E-state index is 0.0522. The zero-order chi connectivity index (χ0) is 25.7. The maximum atomic E-state index is 13.8. The molecular weight excluding hydrogens is 483 g/mol. The molecule has 0 radical (unpaired) electrons. The Labute approximate surface area is 211 Å². The molecule has 3 aromatic heterocycles. The summed E-state index contributed by atoms with van der Waals surface area (Å²) < 4.78 is 43.3. The predicted molar refractivity (Wildman–Crippen MR) is 130 cm³/mol. The number of benzene rings is 1. The van der Waals surface area contributed by atoms with E-state index in [1.165, 1.54) is 6.42 Å². The highest BCUT2D eigenvalue weighted by molar-refractivity contribution is 5.94. The van der Waals surface area contributed by atoms with Crippen molar-refractivity contribution in [2.75, 3.05) is 0 Å². The summed E-state index contributed by atoms with van der Waals surface area (Å²) in [6.45, 7) is 0.148. The summed E-state index contributed by atoms with van der Waals surface area (Å²) in [5, 5.41) is 28.9. The van der Waals surface area contributed by atoms with Crippen molar-refractivity contribution in [3.8, 4) is 11.3 Å². The van der Waals surface area contributed by atoms with Crippen molar-refractivity contribution in [1.29, 1.82) is 0 Å². The molecule has 3 heterocycles. The number of aliphatic hydroxyl groups is 1. The molecule has 6 rings (SSSR count). The number of fused-ring (bicyclic) bond motifs is 1. The number of halogens is 3. The van der Waals surface area contributed by atoms with Crippen molar-refractivity contribution in [2.24, 2.45) is 13.0 Å². The van der Waals surface area contributed by atoms with E-state index < -0.39 is 11.9 Å². The minimum Gasteiger partial charge on any atom is -0.393 e. The molecule has 0 saturated heterocycles. The highest BCUT2D eigenvalue weighted by Crippen LogP contribution is 2.43. The quantitative estimate of drug-likeness (QED) is 0.342. The van der Waals surface area contributed by atoms with Gasteiger partial charge in [-0.2, -0.15) is 18.3 Å². The molecule has 0 spiro atoms. The molecule has 2 aliphatic carbocycles. The molecule has 3 N–H and O–H groups in total. The zero-order valence-corrected chi connectivity index (χ0v) is 20.3. The number of alkyl halides is 3. The van der Waals surface area contributed by atoms with Crippen molar-refractivity contribution in [3.05, 3.63) is 59.4 Å². The van der Waals surface area contributed by atoms with E-state index in [2.05, 4.69) is 30.7 Å². The minimum atomic E-state index is -4.59. The van der Waals surface area contributed by atoms with E-state index in [4.69, 9.17) is 0 Å². The second-order valence-electron chi connectivity index (χ2n) is 10.2. The molecule has 0 bridgehead atoms. The smallest absolute Gasteiger partial charge is 0.393 e. The second kappa shape index (κ2) is 9.21. The number of aliphatic hydroxyl groups excluding tert-OH is 1. The number of hydrogen-bond acceptors (Lipinski definition) is 6.